The van der Waals surface area contributed by atoms with E-state index in [9.17, 15) is 0 Å². The molecule has 84 valence electrons. The minimum absolute atomic E-state index is 0.0228. The summed E-state index contributed by atoms with van der Waals surface area (Å²) in [6.07, 6.45) is 12.0. The molecule has 1 heterocycles. The lowest BCUT2D eigenvalue weighted by Crippen LogP contribution is -1.95. The molecule has 0 unspecified atom stereocenters. The Morgan fingerprint density at radius 1 is 1.44 bits per heavy atom. The van der Waals surface area contributed by atoms with Crippen LogP contribution in [0.3, 0.4) is 0 Å². The van der Waals surface area contributed by atoms with E-state index in [-0.39, 0.29) is 6.61 Å². The zero-order valence-electron chi connectivity index (χ0n) is 9.56. The molecule has 0 aliphatic heterocycles. The van der Waals surface area contributed by atoms with Crippen LogP contribution in [0, 0.1) is 0 Å². The second-order valence-electron chi connectivity index (χ2n) is 3.52. The van der Waals surface area contributed by atoms with Crippen molar-refractivity contribution in [2.24, 2.45) is 0 Å². The number of nitrogens with zero attached hydrogens (tertiary/aromatic N) is 1. The van der Waals surface area contributed by atoms with Gasteiger partial charge in [-0.05, 0) is 30.5 Å². The number of pyridine rings is 1. The van der Waals surface area contributed by atoms with Gasteiger partial charge in [0, 0.05) is 12.4 Å². The zero-order chi connectivity index (χ0) is 11.8. The Hall–Kier alpha value is -1.67. The maximum atomic E-state index is 9.15. The molecule has 0 aliphatic carbocycles. The lowest BCUT2D eigenvalue weighted by atomic mass is 10.0. The second kappa shape index (κ2) is 6.75. The van der Waals surface area contributed by atoms with E-state index >= 15 is 0 Å². The summed E-state index contributed by atoms with van der Waals surface area (Å²) in [5.41, 5.74) is 2.95. The molecule has 0 bridgehead atoms. The van der Waals surface area contributed by atoms with E-state index in [4.69, 9.17) is 5.11 Å². The predicted octanol–water partition coefficient (Wildman–Crippen LogP) is 2.80. The highest BCUT2D eigenvalue weighted by molar-refractivity contribution is 5.31. The van der Waals surface area contributed by atoms with Crippen molar-refractivity contribution < 1.29 is 5.11 Å². The van der Waals surface area contributed by atoms with Gasteiger partial charge in [0.05, 0.1) is 6.61 Å². The van der Waals surface area contributed by atoms with Crippen molar-refractivity contribution >= 4 is 0 Å². The summed E-state index contributed by atoms with van der Waals surface area (Å²) in [4.78, 5) is 3.98. The van der Waals surface area contributed by atoms with Crippen molar-refractivity contribution in [1.82, 2.24) is 4.98 Å². The van der Waals surface area contributed by atoms with Crippen LogP contribution in [0.1, 0.15) is 18.1 Å². The Labute approximate surface area is 96.7 Å². The highest BCUT2D eigenvalue weighted by Crippen LogP contribution is 2.12. The summed E-state index contributed by atoms with van der Waals surface area (Å²) in [6.45, 7) is 5.97. The molecule has 2 nitrogen and oxygen atoms in total. The third-order valence-corrected chi connectivity index (χ3v) is 2.23. The van der Waals surface area contributed by atoms with Gasteiger partial charge in [0.25, 0.3) is 0 Å². The Balaban J connectivity index is 2.69. The topological polar surface area (TPSA) is 33.1 Å². The first-order valence-electron chi connectivity index (χ1n) is 5.27. The van der Waals surface area contributed by atoms with Crippen LogP contribution in [0.15, 0.2) is 54.9 Å². The van der Waals surface area contributed by atoms with Crippen LogP contribution in [0.25, 0.3) is 0 Å². The van der Waals surface area contributed by atoms with Gasteiger partial charge in [-0.2, -0.15) is 0 Å². The van der Waals surface area contributed by atoms with Crippen LogP contribution < -0.4 is 0 Å². The minimum Gasteiger partial charge on any atom is -0.392 e. The molecule has 0 saturated carbocycles. The first kappa shape index (κ1) is 12.4. The summed E-state index contributed by atoms with van der Waals surface area (Å²) in [5, 5.41) is 9.15. The van der Waals surface area contributed by atoms with E-state index in [2.05, 4.69) is 11.6 Å². The van der Waals surface area contributed by atoms with Crippen molar-refractivity contribution in [1.29, 1.82) is 0 Å². The molecular formula is C14H17NO. The molecule has 0 amide bonds. The van der Waals surface area contributed by atoms with Crippen molar-refractivity contribution in [2.75, 3.05) is 0 Å². The van der Waals surface area contributed by atoms with Gasteiger partial charge in [0.15, 0.2) is 0 Å². The summed E-state index contributed by atoms with van der Waals surface area (Å²) >= 11 is 0. The molecule has 0 fully saturated rings. The van der Waals surface area contributed by atoms with E-state index in [0.29, 0.717) is 0 Å². The Morgan fingerprint density at radius 3 is 2.94 bits per heavy atom. The fraction of sp³-hybridized carbons (Fsp3) is 0.214. The van der Waals surface area contributed by atoms with E-state index in [0.717, 1.165) is 23.1 Å². The van der Waals surface area contributed by atoms with Gasteiger partial charge < -0.3 is 5.11 Å². The standard InChI is InChI=1S/C14H17NO/c1-3-4-5-6-12(2)9-13-7-8-15-10-14(13)11-16/h3-8,10,16H,2,9,11H2,1H3/b4-3-,6-5-. The SMILES string of the molecule is C=C(/C=C\C=C/C)Cc1ccncc1CO. The summed E-state index contributed by atoms with van der Waals surface area (Å²) in [6, 6.07) is 1.92. The summed E-state index contributed by atoms with van der Waals surface area (Å²) in [7, 11) is 0. The van der Waals surface area contributed by atoms with Gasteiger partial charge >= 0.3 is 0 Å². The van der Waals surface area contributed by atoms with Crippen LogP contribution in [-0.2, 0) is 13.0 Å². The molecule has 0 aromatic carbocycles. The second-order valence-corrected chi connectivity index (χ2v) is 3.52. The predicted molar refractivity (Wildman–Crippen MR) is 67.0 cm³/mol. The van der Waals surface area contributed by atoms with Gasteiger partial charge in [0.1, 0.15) is 0 Å². The fourth-order valence-corrected chi connectivity index (χ4v) is 1.38. The number of hydrogen-bond acceptors (Lipinski definition) is 2. The molecule has 0 radical (unpaired) electrons. The number of hydrogen-bond donors (Lipinski definition) is 1. The fourth-order valence-electron chi connectivity index (χ4n) is 1.38. The highest BCUT2D eigenvalue weighted by atomic mass is 16.3. The summed E-state index contributed by atoms with van der Waals surface area (Å²) in [5.74, 6) is 0. The molecule has 1 rings (SSSR count). The van der Waals surface area contributed by atoms with Crippen LogP contribution >= 0.6 is 0 Å². The quantitative estimate of drug-likeness (QED) is 0.766. The maximum absolute atomic E-state index is 9.15. The minimum atomic E-state index is 0.0228. The molecule has 16 heavy (non-hydrogen) atoms. The molecule has 0 spiro atoms. The molecule has 0 atom stereocenters. The van der Waals surface area contributed by atoms with Crippen molar-refractivity contribution in [2.45, 2.75) is 20.0 Å². The molecule has 1 aromatic heterocycles. The van der Waals surface area contributed by atoms with Crippen LogP contribution in [0.5, 0.6) is 0 Å². The van der Waals surface area contributed by atoms with Crippen molar-refractivity contribution in [3.63, 3.8) is 0 Å². The summed E-state index contributed by atoms with van der Waals surface area (Å²) < 4.78 is 0. The average Bonchev–Trinajstić information content (AvgIpc) is 2.30. The first-order valence-corrected chi connectivity index (χ1v) is 5.27. The Morgan fingerprint density at radius 2 is 2.25 bits per heavy atom. The highest BCUT2D eigenvalue weighted by Gasteiger charge is 2.01. The number of aromatic nitrogens is 1. The molecule has 0 aliphatic rings. The van der Waals surface area contributed by atoms with Gasteiger partial charge in [-0.15, -0.1) is 0 Å². The van der Waals surface area contributed by atoms with Crippen LogP contribution in [0.2, 0.25) is 0 Å². The maximum Gasteiger partial charge on any atom is 0.0699 e. The third-order valence-electron chi connectivity index (χ3n) is 2.23. The van der Waals surface area contributed by atoms with Gasteiger partial charge in [-0.1, -0.05) is 36.5 Å². The van der Waals surface area contributed by atoms with Gasteiger partial charge in [0.2, 0.25) is 0 Å². The number of allylic oxidation sites excluding steroid dienone is 5. The average molecular weight is 215 g/mol. The monoisotopic (exact) mass is 215 g/mol. The number of aliphatic hydroxyl groups excluding tert-OH is 1. The third kappa shape index (κ3) is 3.83. The largest absolute Gasteiger partial charge is 0.392 e. The lowest BCUT2D eigenvalue weighted by Gasteiger charge is -2.05. The van der Waals surface area contributed by atoms with E-state index in [1.807, 2.05) is 37.3 Å². The van der Waals surface area contributed by atoms with Crippen LogP contribution in [0.4, 0.5) is 0 Å². The zero-order valence-corrected chi connectivity index (χ0v) is 9.56. The van der Waals surface area contributed by atoms with Crippen molar-refractivity contribution in [3.8, 4) is 0 Å². The molecular weight excluding hydrogens is 198 g/mol. The Kier molecular flexibility index (Phi) is 5.23. The molecule has 1 aromatic rings. The smallest absolute Gasteiger partial charge is 0.0699 e. The first-order chi connectivity index (χ1) is 7.77. The Bertz CT molecular complexity index is 405. The number of rotatable bonds is 5. The molecule has 0 saturated heterocycles. The van der Waals surface area contributed by atoms with Crippen LogP contribution in [-0.4, -0.2) is 10.1 Å². The van der Waals surface area contributed by atoms with Gasteiger partial charge in [-0.3, -0.25) is 4.98 Å². The molecule has 1 N–H and O–H groups in total. The van der Waals surface area contributed by atoms with E-state index < -0.39 is 0 Å². The van der Waals surface area contributed by atoms with Gasteiger partial charge in [-0.25, -0.2) is 0 Å². The molecule has 2 heteroatoms. The van der Waals surface area contributed by atoms with E-state index in [1.165, 1.54) is 0 Å². The van der Waals surface area contributed by atoms with E-state index in [1.54, 1.807) is 12.4 Å². The number of aliphatic hydroxyl groups is 1. The lowest BCUT2D eigenvalue weighted by molar-refractivity contribution is 0.280. The normalized spacial score (nSPS) is 11.4. The van der Waals surface area contributed by atoms with Crippen molar-refractivity contribution in [3.05, 3.63) is 66.0 Å².